The van der Waals surface area contributed by atoms with E-state index in [0.29, 0.717) is 11.9 Å². The SMILES string of the molecule is CCC1CCCCN1C(=O)C(C)N1CCN(c2ccc(OC)cc2)CC1. The zero-order valence-corrected chi connectivity index (χ0v) is 16.5. The first-order chi connectivity index (χ1) is 12.6. The van der Waals surface area contributed by atoms with Gasteiger partial charge in [-0.2, -0.15) is 0 Å². The molecule has 2 heterocycles. The van der Waals surface area contributed by atoms with Crippen LogP contribution in [-0.2, 0) is 4.79 Å². The maximum Gasteiger partial charge on any atom is 0.239 e. The van der Waals surface area contributed by atoms with E-state index >= 15 is 0 Å². The van der Waals surface area contributed by atoms with Crippen LogP contribution in [0.1, 0.15) is 39.5 Å². The Labute approximate surface area is 157 Å². The summed E-state index contributed by atoms with van der Waals surface area (Å²) in [5, 5.41) is 0. The molecular formula is C21H33N3O2. The van der Waals surface area contributed by atoms with Crippen LogP contribution in [0.4, 0.5) is 5.69 Å². The van der Waals surface area contributed by atoms with E-state index in [1.54, 1.807) is 7.11 Å². The second-order valence-electron chi connectivity index (χ2n) is 7.49. The highest BCUT2D eigenvalue weighted by Gasteiger charge is 2.32. The number of methoxy groups -OCH3 is 1. The molecule has 0 aliphatic carbocycles. The summed E-state index contributed by atoms with van der Waals surface area (Å²) in [7, 11) is 1.69. The van der Waals surface area contributed by atoms with Crippen LogP contribution in [0.15, 0.2) is 24.3 Å². The van der Waals surface area contributed by atoms with E-state index in [4.69, 9.17) is 4.74 Å². The van der Waals surface area contributed by atoms with Crippen LogP contribution < -0.4 is 9.64 Å². The number of likely N-dealkylation sites (tertiary alicyclic amines) is 1. The lowest BCUT2D eigenvalue weighted by molar-refractivity contribution is -0.140. The average molecular weight is 360 g/mol. The summed E-state index contributed by atoms with van der Waals surface area (Å²) in [6.45, 7) is 9.02. The standard InChI is InChI=1S/C21H33N3O2/c1-4-18-7-5-6-12-24(18)21(25)17(2)22-13-15-23(16-14-22)19-8-10-20(26-3)11-9-19/h8-11,17-18H,4-7,12-16H2,1-3H3. The number of ether oxygens (including phenoxy) is 1. The van der Waals surface area contributed by atoms with Crippen molar-refractivity contribution in [1.82, 2.24) is 9.80 Å². The Morgan fingerprint density at radius 3 is 2.42 bits per heavy atom. The monoisotopic (exact) mass is 359 g/mol. The van der Waals surface area contributed by atoms with E-state index in [-0.39, 0.29) is 6.04 Å². The van der Waals surface area contributed by atoms with Crippen LogP contribution in [-0.4, -0.2) is 67.6 Å². The molecule has 2 aliphatic rings. The number of carbonyl (C=O) groups is 1. The van der Waals surface area contributed by atoms with Crippen LogP contribution in [0, 0.1) is 0 Å². The number of hydrogen-bond acceptors (Lipinski definition) is 4. The molecule has 144 valence electrons. The molecule has 2 atom stereocenters. The highest BCUT2D eigenvalue weighted by atomic mass is 16.5. The van der Waals surface area contributed by atoms with Crippen molar-refractivity contribution in [2.75, 3.05) is 44.7 Å². The normalized spacial score (nSPS) is 23.0. The maximum atomic E-state index is 13.0. The van der Waals surface area contributed by atoms with Crippen molar-refractivity contribution < 1.29 is 9.53 Å². The first-order valence-electron chi connectivity index (χ1n) is 10.1. The average Bonchev–Trinajstić information content (AvgIpc) is 2.73. The molecule has 1 aromatic rings. The minimum Gasteiger partial charge on any atom is -0.497 e. The van der Waals surface area contributed by atoms with Crippen molar-refractivity contribution in [3.05, 3.63) is 24.3 Å². The molecule has 0 spiro atoms. The molecule has 2 aliphatic heterocycles. The van der Waals surface area contributed by atoms with Crippen molar-refractivity contribution in [1.29, 1.82) is 0 Å². The van der Waals surface area contributed by atoms with E-state index in [9.17, 15) is 4.79 Å². The number of nitrogens with zero attached hydrogens (tertiary/aromatic N) is 3. The number of piperazine rings is 1. The third-order valence-electron chi connectivity index (χ3n) is 6.04. The predicted molar refractivity (Wildman–Crippen MR) is 106 cm³/mol. The summed E-state index contributed by atoms with van der Waals surface area (Å²) in [5.74, 6) is 1.22. The Balaban J connectivity index is 1.55. The molecule has 26 heavy (non-hydrogen) atoms. The molecule has 3 rings (SSSR count). The van der Waals surface area contributed by atoms with E-state index in [2.05, 4.69) is 40.7 Å². The lowest BCUT2D eigenvalue weighted by Gasteiger charge is -2.42. The smallest absolute Gasteiger partial charge is 0.239 e. The van der Waals surface area contributed by atoms with Gasteiger partial charge in [0.2, 0.25) is 5.91 Å². The van der Waals surface area contributed by atoms with Gasteiger partial charge in [-0.15, -0.1) is 0 Å². The van der Waals surface area contributed by atoms with Crippen LogP contribution in [0.2, 0.25) is 0 Å². The number of piperidine rings is 1. The largest absolute Gasteiger partial charge is 0.497 e. The second kappa shape index (κ2) is 8.76. The first-order valence-corrected chi connectivity index (χ1v) is 10.1. The zero-order chi connectivity index (χ0) is 18.5. The molecule has 5 nitrogen and oxygen atoms in total. The predicted octanol–water partition coefficient (Wildman–Crippen LogP) is 3.00. The number of amides is 1. The summed E-state index contributed by atoms with van der Waals surface area (Å²) in [4.78, 5) is 19.9. The summed E-state index contributed by atoms with van der Waals surface area (Å²) >= 11 is 0. The van der Waals surface area contributed by atoms with Crippen LogP contribution in [0.25, 0.3) is 0 Å². The Hall–Kier alpha value is -1.75. The summed E-state index contributed by atoms with van der Waals surface area (Å²) in [6.07, 6.45) is 4.65. The van der Waals surface area contributed by atoms with Crippen molar-refractivity contribution in [3.8, 4) is 5.75 Å². The van der Waals surface area contributed by atoms with Gasteiger partial charge in [0.1, 0.15) is 5.75 Å². The Bertz CT molecular complexity index is 581. The number of carbonyl (C=O) groups excluding carboxylic acids is 1. The van der Waals surface area contributed by atoms with Gasteiger partial charge in [-0.1, -0.05) is 6.92 Å². The molecule has 2 fully saturated rings. The Morgan fingerprint density at radius 1 is 1.12 bits per heavy atom. The third-order valence-corrected chi connectivity index (χ3v) is 6.04. The molecule has 1 aromatic carbocycles. The van der Waals surface area contributed by atoms with Crippen molar-refractivity contribution in [2.24, 2.45) is 0 Å². The molecule has 0 saturated carbocycles. The molecule has 1 amide bonds. The number of hydrogen-bond donors (Lipinski definition) is 0. The first kappa shape index (κ1) is 19.0. The van der Waals surface area contributed by atoms with Crippen LogP contribution in [0.5, 0.6) is 5.75 Å². The van der Waals surface area contributed by atoms with E-state index in [1.165, 1.54) is 18.5 Å². The van der Waals surface area contributed by atoms with E-state index in [1.807, 2.05) is 12.1 Å². The molecule has 0 radical (unpaired) electrons. The fourth-order valence-electron chi connectivity index (χ4n) is 4.27. The van der Waals surface area contributed by atoms with Gasteiger partial charge >= 0.3 is 0 Å². The molecule has 0 aromatic heterocycles. The highest BCUT2D eigenvalue weighted by Crippen LogP contribution is 2.23. The van der Waals surface area contributed by atoms with Crippen molar-refractivity contribution in [2.45, 2.75) is 51.6 Å². The molecule has 0 bridgehead atoms. The van der Waals surface area contributed by atoms with E-state index in [0.717, 1.165) is 51.3 Å². The zero-order valence-electron chi connectivity index (χ0n) is 16.5. The topological polar surface area (TPSA) is 36.0 Å². The highest BCUT2D eigenvalue weighted by molar-refractivity contribution is 5.82. The summed E-state index contributed by atoms with van der Waals surface area (Å²) in [6, 6.07) is 8.68. The lowest BCUT2D eigenvalue weighted by Crippen LogP contribution is -2.56. The Kier molecular flexibility index (Phi) is 6.41. The number of anilines is 1. The minimum atomic E-state index is -0.0137. The lowest BCUT2D eigenvalue weighted by atomic mass is 9.99. The van der Waals surface area contributed by atoms with Crippen LogP contribution in [0.3, 0.4) is 0 Å². The van der Waals surface area contributed by atoms with Crippen molar-refractivity contribution >= 4 is 11.6 Å². The quantitative estimate of drug-likeness (QED) is 0.810. The van der Waals surface area contributed by atoms with Gasteiger partial charge in [-0.05, 0) is 56.9 Å². The van der Waals surface area contributed by atoms with Gasteiger partial charge in [0.15, 0.2) is 0 Å². The molecule has 2 unspecified atom stereocenters. The summed E-state index contributed by atoms with van der Waals surface area (Å²) in [5.41, 5.74) is 1.23. The molecule has 5 heteroatoms. The fourth-order valence-corrected chi connectivity index (χ4v) is 4.27. The molecule has 2 saturated heterocycles. The van der Waals surface area contributed by atoms with E-state index < -0.39 is 0 Å². The van der Waals surface area contributed by atoms with Crippen LogP contribution >= 0.6 is 0 Å². The van der Waals surface area contributed by atoms with Gasteiger partial charge in [-0.25, -0.2) is 0 Å². The van der Waals surface area contributed by atoms with Gasteiger partial charge < -0.3 is 14.5 Å². The third kappa shape index (κ3) is 4.14. The fraction of sp³-hybridized carbons (Fsp3) is 0.667. The Morgan fingerprint density at radius 2 is 1.81 bits per heavy atom. The number of benzene rings is 1. The van der Waals surface area contributed by atoms with Gasteiger partial charge in [0, 0.05) is 44.5 Å². The molecular weight excluding hydrogens is 326 g/mol. The minimum absolute atomic E-state index is 0.0137. The van der Waals surface area contributed by atoms with Gasteiger partial charge in [-0.3, -0.25) is 9.69 Å². The van der Waals surface area contributed by atoms with Gasteiger partial charge in [0.05, 0.1) is 13.2 Å². The second-order valence-corrected chi connectivity index (χ2v) is 7.49. The van der Waals surface area contributed by atoms with Gasteiger partial charge in [0.25, 0.3) is 0 Å². The van der Waals surface area contributed by atoms with Crippen molar-refractivity contribution in [3.63, 3.8) is 0 Å². The maximum absolute atomic E-state index is 13.0. The molecule has 0 N–H and O–H groups in total. The number of rotatable bonds is 5. The summed E-state index contributed by atoms with van der Waals surface area (Å²) < 4.78 is 5.24.